The molecule has 4 nitrogen and oxygen atoms in total. The lowest BCUT2D eigenvalue weighted by atomic mass is 9.95. The number of β-amino-alcohol motifs (C(OH)–C–C–N with tert-alkyl or cyclic N) is 1. The summed E-state index contributed by atoms with van der Waals surface area (Å²) in [6.07, 6.45) is 0.798. The van der Waals surface area contributed by atoms with Crippen LogP contribution in [0.2, 0.25) is 0 Å². The van der Waals surface area contributed by atoms with Crippen LogP contribution in [0.4, 0.5) is 0 Å². The van der Waals surface area contributed by atoms with Crippen molar-refractivity contribution in [2.75, 3.05) is 19.7 Å². The highest BCUT2D eigenvalue weighted by Crippen LogP contribution is 2.19. The average molecular weight is 287 g/mol. The molecule has 0 radical (unpaired) electrons. The lowest BCUT2D eigenvalue weighted by Crippen LogP contribution is -2.45. The van der Waals surface area contributed by atoms with Crippen LogP contribution >= 0.6 is 0 Å². The number of hydrogen-bond donors (Lipinski definition) is 2. The predicted molar refractivity (Wildman–Crippen MR) is 80.7 cm³/mol. The van der Waals surface area contributed by atoms with Gasteiger partial charge in [-0.1, -0.05) is 24.8 Å². The van der Waals surface area contributed by atoms with E-state index in [-0.39, 0.29) is 18.4 Å². The molecule has 0 aromatic heterocycles. The summed E-state index contributed by atoms with van der Waals surface area (Å²) < 4.78 is 0. The van der Waals surface area contributed by atoms with Crippen molar-refractivity contribution in [3.8, 4) is 11.8 Å². The number of rotatable bonds is 2. The number of nitrogens with zero attached hydrogens (tertiary/aromatic N) is 1. The third-order valence-electron chi connectivity index (χ3n) is 3.78. The van der Waals surface area contributed by atoms with Gasteiger partial charge in [0.25, 0.3) is 5.91 Å². The van der Waals surface area contributed by atoms with Crippen molar-refractivity contribution >= 4 is 5.91 Å². The van der Waals surface area contributed by atoms with Gasteiger partial charge in [-0.05, 0) is 30.5 Å². The molecule has 112 valence electrons. The molecule has 0 spiro atoms. The van der Waals surface area contributed by atoms with Gasteiger partial charge in [-0.25, -0.2) is 0 Å². The topological polar surface area (TPSA) is 60.8 Å². The molecule has 1 aromatic carbocycles. The minimum absolute atomic E-state index is 0.0372. The van der Waals surface area contributed by atoms with Gasteiger partial charge in [0.1, 0.15) is 0 Å². The fourth-order valence-corrected chi connectivity index (χ4v) is 2.37. The van der Waals surface area contributed by atoms with Gasteiger partial charge in [-0.2, -0.15) is 0 Å². The number of benzene rings is 1. The van der Waals surface area contributed by atoms with Crippen LogP contribution < -0.4 is 0 Å². The average Bonchev–Trinajstić information content (AvgIpc) is 2.50. The summed E-state index contributed by atoms with van der Waals surface area (Å²) in [5.74, 6) is 5.95. The highest BCUT2D eigenvalue weighted by Gasteiger charge is 2.27. The lowest BCUT2D eigenvalue weighted by Gasteiger charge is -2.34. The number of hydrogen-bond acceptors (Lipinski definition) is 3. The molecule has 4 heteroatoms. The first kappa shape index (κ1) is 15.6. The van der Waals surface area contributed by atoms with E-state index >= 15 is 0 Å². The van der Waals surface area contributed by atoms with Gasteiger partial charge >= 0.3 is 0 Å². The summed E-state index contributed by atoms with van der Waals surface area (Å²) in [5.41, 5.74) is 1.35. The second-order valence-corrected chi connectivity index (χ2v) is 5.44. The van der Waals surface area contributed by atoms with Gasteiger partial charge < -0.3 is 15.1 Å². The standard InChI is InChI=1S/C17H21NO3/c1-13-8-9-18(12-16(13)20)17(21)15-7-4-6-14(11-15)5-2-3-10-19/h4,6-7,11,13,16,19-20H,3,8-10,12H2,1H3. The van der Waals surface area contributed by atoms with Gasteiger partial charge in [0.05, 0.1) is 12.7 Å². The van der Waals surface area contributed by atoms with Gasteiger partial charge in [0, 0.05) is 30.6 Å². The molecule has 0 bridgehead atoms. The summed E-state index contributed by atoms with van der Waals surface area (Å²) in [6, 6.07) is 7.18. The molecule has 1 saturated heterocycles. The molecular weight excluding hydrogens is 266 g/mol. The Morgan fingerprint density at radius 2 is 2.29 bits per heavy atom. The molecule has 2 unspecified atom stereocenters. The molecule has 1 aliphatic heterocycles. The molecule has 1 amide bonds. The van der Waals surface area contributed by atoms with Crippen molar-refractivity contribution in [3.05, 3.63) is 35.4 Å². The summed E-state index contributed by atoms with van der Waals surface area (Å²) >= 11 is 0. The molecule has 1 heterocycles. The second-order valence-electron chi connectivity index (χ2n) is 5.44. The summed E-state index contributed by atoms with van der Waals surface area (Å²) in [4.78, 5) is 14.2. The maximum absolute atomic E-state index is 12.5. The summed E-state index contributed by atoms with van der Waals surface area (Å²) in [5, 5.41) is 18.6. The molecule has 2 rings (SSSR count). The molecule has 1 aromatic rings. The Labute approximate surface area is 125 Å². The number of piperidine rings is 1. The normalized spacial score (nSPS) is 21.6. The molecule has 0 saturated carbocycles. The van der Waals surface area contributed by atoms with Crippen LogP contribution in [0, 0.1) is 17.8 Å². The van der Waals surface area contributed by atoms with Crippen molar-refractivity contribution in [2.24, 2.45) is 5.92 Å². The van der Waals surface area contributed by atoms with Crippen LogP contribution in [0.3, 0.4) is 0 Å². The molecule has 2 N–H and O–H groups in total. The van der Waals surface area contributed by atoms with Crippen LogP contribution in [-0.2, 0) is 0 Å². The van der Waals surface area contributed by atoms with E-state index in [0.717, 1.165) is 12.0 Å². The van der Waals surface area contributed by atoms with Crippen molar-refractivity contribution in [3.63, 3.8) is 0 Å². The maximum atomic E-state index is 12.5. The van der Waals surface area contributed by atoms with Gasteiger partial charge in [0.15, 0.2) is 0 Å². The first-order valence-corrected chi connectivity index (χ1v) is 7.29. The van der Waals surface area contributed by atoms with E-state index in [0.29, 0.717) is 25.1 Å². The Hall–Kier alpha value is -1.83. The zero-order valence-corrected chi connectivity index (χ0v) is 12.2. The minimum atomic E-state index is -0.449. The van der Waals surface area contributed by atoms with Gasteiger partial charge in [0.2, 0.25) is 0 Å². The van der Waals surface area contributed by atoms with E-state index in [9.17, 15) is 9.90 Å². The van der Waals surface area contributed by atoms with Gasteiger partial charge in [-0.15, -0.1) is 0 Å². The van der Waals surface area contributed by atoms with Crippen LogP contribution in [0.1, 0.15) is 35.7 Å². The number of likely N-dealkylation sites (tertiary alicyclic amines) is 1. The zero-order valence-electron chi connectivity index (χ0n) is 12.2. The van der Waals surface area contributed by atoms with Crippen molar-refractivity contribution in [2.45, 2.75) is 25.9 Å². The Morgan fingerprint density at radius 3 is 3.00 bits per heavy atom. The Bertz CT molecular complexity index is 559. The van der Waals surface area contributed by atoms with Crippen molar-refractivity contribution < 1.29 is 15.0 Å². The van der Waals surface area contributed by atoms with E-state index in [1.807, 2.05) is 13.0 Å². The Morgan fingerprint density at radius 1 is 1.48 bits per heavy atom. The number of carbonyl (C=O) groups is 1. The van der Waals surface area contributed by atoms with E-state index in [4.69, 9.17) is 5.11 Å². The van der Waals surface area contributed by atoms with Crippen LogP contribution in [0.25, 0.3) is 0 Å². The van der Waals surface area contributed by atoms with Crippen LogP contribution in [-0.4, -0.2) is 46.8 Å². The zero-order chi connectivity index (χ0) is 15.2. The highest BCUT2D eigenvalue weighted by molar-refractivity contribution is 5.94. The minimum Gasteiger partial charge on any atom is -0.395 e. The fraction of sp³-hybridized carbons (Fsp3) is 0.471. The first-order valence-electron chi connectivity index (χ1n) is 7.29. The van der Waals surface area contributed by atoms with E-state index in [1.54, 1.807) is 23.1 Å². The molecule has 21 heavy (non-hydrogen) atoms. The Kier molecular flexibility index (Phi) is 5.38. The number of carbonyl (C=O) groups excluding carboxylic acids is 1. The van der Waals surface area contributed by atoms with Crippen molar-refractivity contribution in [1.82, 2.24) is 4.90 Å². The highest BCUT2D eigenvalue weighted by atomic mass is 16.3. The third-order valence-corrected chi connectivity index (χ3v) is 3.78. The fourth-order valence-electron chi connectivity index (χ4n) is 2.37. The molecule has 0 aliphatic carbocycles. The van der Waals surface area contributed by atoms with Crippen LogP contribution in [0.15, 0.2) is 24.3 Å². The summed E-state index contributed by atoms with van der Waals surface area (Å²) in [7, 11) is 0. The summed E-state index contributed by atoms with van der Waals surface area (Å²) in [6.45, 7) is 3.11. The van der Waals surface area contributed by atoms with Crippen molar-refractivity contribution in [1.29, 1.82) is 0 Å². The number of aliphatic hydroxyl groups is 2. The monoisotopic (exact) mass is 287 g/mol. The third kappa shape index (κ3) is 4.07. The molecule has 2 atom stereocenters. The van der Waals surface area contributed by atoms with E-state index in [1.165, 1.54) is 0 Å². The molecule has 1 fully saturated rings. The van der Waals surface area contributed by atoms with Gasteiger partial charge in [-0.3, -0.25) is 4.79 Å². The predicted octanol–water partition coefficient (Wildman–Crippen LogP) is 1.26. The lowest BCUT2D eigenvalue weighted by molar-refractivity contribution is 0.0248. The molecule has 1 aliphatic rings. The number of aliphatic hydroxyl groups excluding tert-OH is 2. The van der Waals surface area contributed by atoms with E-state index in [2.05, 4.69) is 11.8 Å². The van der Waals surface area contributed by atoms with E-state index < -0.39 is 6.10 Å². The largest absolute Gasteiger partial charge is 0.395 e. The quantitative estimate of drug-likeness (QED) is 0.805. The number of amides is 1. The smallest absolute Gasteiger partial charge is 0.253 e. The SMILES string of the molecule is CC1CCN(C(=O)c2cccc(C#CCCO)c2)CC1O. The molecular formula is C17H21NO3. The maximum Gasteiger partial charge on any atom is 0.253 e. The Balaban J connectivity index is 2.09. The first-order chi connectivity index (χ1) is 10.1. The second kappa shape index (κ2) is 7.26. The van der Waals surface area contributed by atoms with Crippen LogP contribution in [0.5, 0.6) is 0 Å².